The maximum atomic E-state index is 12.4. The van der Waals surface area contributed by atoms with Gasteiger partial charge in [-0.1, -0.05) is 42.5 Å². The van der Waals surface area contributed by atoms with Gasteiger partial charge in [-0.15, -0.1) is 0 Å². The van der Waals surface area contributed by atoms with Crippen LogP contribution in [0, 0.1) is 6.92 Å². The van der Waals surface area contributed by atoms with Gasteiger partial charge in [0.25, 0.3) is 0 Å². The number of amides is 1. The van der Waals surface area contributed by atoms with Crippen molar-refractivity contribution in [1.82, 2.24) is 15.5 Å². The first-order valence-corrected chi connectivity index (χ1v) is 9.97. The molecule has 6 nitrogen and oxygen atoms in total. The van der Waals surface area contributed by atoms with Gasteiger partial charge in [0.15, 0.2) is 5.96 Å². The van der Waals surface area contributed by atoms with Crippen LogP contribution in [-0.4, -0.2) is 44.0 Å². The highest BCUT2D eigenvalue weighted by atomic mass is 16.5. The highest BCUT2D eigenvalue weighted by molar-refractivity contribution is 5.81. The average Bonchev–Trinajstić information content (AvgIpc) is 2.73. The summed E-state index contributed by atoms with van der Waals surface area (Å²) in [5.74, 6) is 1.62. The molecule has 0 fully saturated rings. The van der Waals surface area contributed by atoms with Crippen molar-refractivity contribution in [3.63, 3.8) is 0 Å². The molecule has 0 bridgehead atoms. The molecule has 29 heavy (non-hydrogen) atoms. The molecule has 2 N–H and O–H groups in total. The van der Waals surface area contributed by atoms with Crippen LogP contribution in [0.25, 0.3) is 0 Å². The van der Waals surface area contributed by atoms with Gasteiger partial charge >= 0.3 is 0 Å². The molecular weight excluding hydrogens is 364 g/mol. The molecule has 0 aromatic heterocycles. The number of ether oxygens (including phenoxy) is 1. The van der Waals surface area contributed by atoms with E-state index in [1.165, 1.54) is 0 Å². The second-order valence-corrected chi connectivity index (χ2v) is 6.92. The Morgan fingerprint density at radius 1 is 1.14 bits per heavy atom. The lowest BCUT2D eigenvalue weighted by molar-refractivity contribution is -0.130. The number of nitrogens with zero attached hydrogens (tertiary/aromatic N) is 2. The monoisotopic (exact) mass is 396 g/mol. The van der Waals surface area contributed by atoms with E-state index in [4.69, 9.17) is 4.74 Å². The number of hydrogen-bond acceptors (Lipinski definition) is 3. The number of methoxy groups -OCH3 is 1. The average molecular weight is 397 g/mol. The van der Waals surface area contributed by atoms with Crippen molar-refractivity contribution in [3.8, 4) is 5.75 Å². The molecule has 6 heteroatoms. The van der Waals surface area contributed by atoms with Gasteiger partial charge in [-0.05, 0) is 31.0 Å². The molecule has 2 aromatic carbocycles. The number of carbonyl (C=O) groups excluding carboxylic acids is 1. The van der Waals surface area contributed by atoms with Crippen LogP contribution >= 0.6 is 0 Å². The molecule has 1 amide bonds. The number of aryl methyl sites for hydroxylation is 1. The van der Waals surface area contributed by atoms with Crippen molar-refractivity contribution in [1.29, 1.82) is 0 Å². The van der Waals surface area contributed by atoms with Gasteiger partial charge in [0.05, 0.1) is 13.7 Å². The molecule has 0 heterocycles. The summed E-state index contributed by atoms with van der Waals surface area (Å²) >= 11 is 0. The van der Waals surface area contributed by atoms with Gasteiger partial charge in [0, 0.05) is 38.7 Å². The van der Waals surface area contributed by atoms with Crippen molar-refractivity contribution >= 4 is 11.9 Å². The highest BCUT2D eigenvalue weighted by Gasteiger charge is 2.09. The number of hydrogen-bond donors (Lipinski definition) is 2. The number of benzene rings is 2. The summed E-state index contributed by atoms with van der Waals surface area (Å²) in [5, 5.41) is 6.46. The SMILES string of the molecule is CCNC(=NCc1ccc(C)cc1OC)NCCC(=O)N(C)Cc1ccccc1. The van der Waals surface area contributed by atoms with Gasteiger partial charge in [-0.2, -0.15) is 0 Å². The van der Waals surface area contributed by atoms with Gasteiger partial charge in [0.1, 0.15) is 5.75 Å². The van der Waals surface area contributed by atoms with Crippen LogP contribution in [0.4, 0.5) is 0 Å². The molecule has 0 saturated heterocycles. The third-order valence-corrected chi connectivity index (χ3v) is 4.51. The number of carbonyl (C=O) groups is 1. The summed E-state index contributed by atoms with van der Waals surface area (Å²) in [4.78, 5) is 18.8. The lowest BCUT2D eigenvalue weighted by atomic mass is 10.1. The first-order chi connectivity index (χ1) is 14.0. The summed E-state index contributed by atoms with van der Waals surface area (Å²) in [6.45, 7) is 6.44. The number of nitrogens with one attached hydrogen (secondary N) is 2. The molecule has 0 aliphatic carbocycles. The molecule has 0 atom stereocenters. The van der Waals surface area contributed by atoms with E-state index in [2.05, 4.69) is 21.7 Å². The van der Waals surface area contributed by atoms with Crippen LogP contribution in [0.3, 0.4) is 0 Å². The summed E-state index contributed by atoms with van der Waals surface area (Å²) in [5.41, 5.74) is 3.30. The zero-order chi connectivity index (χ0) is 21.1. The maximum Gasteiger partial charge on any atom is 0.224 e. The zero-order valence-electron chi connectivity index (χ0n) is 17.9. The van der Waals surface area contributed by atoms with Crippen LogP contribution in [-0.2, 0) is 17.9 Å². The summed E-state index contributed by atoms with van der Waals surface area (Å²) in [6, 6.07) is 16.1. The van der Waals surface area contributed by atoms with E-state index >= 15 is 0 Å². The van der Waals surface area contributed by atoms with Gasteiger partial charge in [-0.25, -0.2) is 4.99 Å². The largest absolute Gasteiger partial charge is 0.496 e. The quantitative estimate of drug-likeness (QED) is 0.505. The number of guanidine groups is 1. The van der Waals surface area contributed by atoms with E-state index in [1.807, 2.05) is 63.4 Å². The Bertz CT molecular complexity index is 806. The molecule has 0 aliphatic heterocycles. The molecule has 0 aliphatic rings. The van der Waals surface area contributed by atoms with E-state index in [9.17, 15) is 4.79 Å². The highest BCUT2D eigenvalue weighted by Crippen LogP contribution is 2.20. The van der Waals surface area contributed by atoms with Crippen molar-refractivity contribution in [2.24, 2.45) is 4.99 Å². The number of aliphatic imine (C=N–C) groups is 1. The Balaban J connectivity index is 1.87. The smallest absolute Gasteiger partial charge is 0.224 e. The van der Waals surface area contributed by atoms with E-state index in [1.54, 1.807) is 12.0 Å². The molecule has 156 valence electrons. The lowest BCUT2D eigenvalue weighted by Gasteiger charge is -2.18. The molecular formula is C23H32N4O2. The first kappa shape index (κ1) is 22.3. The van der Waals surface area contributed by atoms with Crippen molar-refractivity contribution in [2.45, 2.75) is 33.4 Å². The van der Waals surface area contributed by atoms with Crippen LogP contribution < -0.4 is 15.4 Å². The minimum absolute atomic E-state index is 0.0948. The van der Waals surface area contributed by atoms with Crippen molar-refractivity contribution in [2.75, 3.05) is 27.2 Å². The summed E-state index contributed by atoms with van der Waals surface area (Å²) < 4.78 is 5.45. The molecule has 2 aromatic rings. The van der Waals surface area contributed by atoms with Crippen LogP contribution in [0.5, 0.6) is 5.75 Å². The Hall–Kier alpha value is -3.02. The van der Waals surface area contributed by atoms with Crippen molar-refractivity contribution in [3.05, 3.63) is 65.2 Å². The fourth-order valence-electron chi connectivity index (χ4n) is 2.91. The fraction of sp³-hybridized carbons (Fsp3) is 0.391. The van der Waals surface area contributed by atoms with Gasteiger partial charge in [-0.3, -0.25) is 4.79 Å². The Morgan fingerprint density at radius 3 is 2.59 bits per heavy atom. The molecule has 2 rings (SSSR count). The van der Waals surface area contributed by atoms with Gasteiger partial charge in [0.2, 0.25) is 5.91 Å². The predicted octanol–water partition coefficient (Wildman–Crippen LogP) is 3.11. The summed E-state index contributed by atoms with van der Waals surface area (Å²) in [7, 11) is 3.50. The van der Waals surface area contributed by atoms with E-state index < -0.39 is 0 Å². The first-order valence-electron chi connectivity index (χ1n) is 9.97. The molecule has 0 saturated carbocycles. The Morgan fingerprint density at radius 2 is 1.90 bits per heavy atom. The Labute approximate surface area is 174 Å². The zero-order valence-corrected chi connectivity index (χ0v) is 17.9. The van der Waals surface area contributed by atoms with Crippen LogP contribution in [0.2, 0.25) is 0 Å². The van der Waals surface area contributed by atoms with Gasteiger partial charge < -0.3 is 20.3 Å². The third-order valence-electron chi connectivity index (χ3n) is 4.51. The normalized spacial score (nSPS) is 11.1. The number of rotatable bonds is 9. The molecule has 0 radical (unpaired) electrons. The van der Waals surface area contributed by atoms with Crippen molar-refractivity contribution < 1.29 is 9.53 Å². The predicted molar refractivity (Wildman–Crippen MR) is 118 cm³/mol. The van der Waals surface area contributed by atoms with E-state index in [-0.39, 0.29) is 5.91 Å². The van der Waals surface area contributed by atoms with E-state index in [0.29, 0.717) is 32.0 Å². The fourth-order valence-corrected chi connectivity index (χ4v) is 2.91. The second kappa shape index (κ2) is 11.7. The minimum Gasteiger partial charge on any atom is -0.496 e. The topological polar surface area (TPSA) is 66.0 Å². The second-order valence-electron chi connectivity index (χ2n) is 6.92. The van der Waals surface area contributed by atoms with Crippen LogP contribution in [0.15, 0.2) is 53.5 Å². The lowest BCUT2D eigenvalue weighted by Crippen LogP contribution is -2.39. The molecule has 0 spiro atoms. The standard InChI is InChI=1S/C23H32N4O2/c1-5-24-23(26-16-20-12-11-18(2)15-21(20)29-4)25-14-13-22(28)27(3)17-19-9-7-6-8-10-19/h6-12,15H,5,13-14,16-17H2,1-4H3,(H2,24,25,26). The van der Waals surface area contributed by atoms with E-state index in [0.717, 1.165) is 29.0 Å². The maximum absolute atomic E-state index is 12.4. The third kappa shape index (κ3) is 7.49. The molecule has 0 unspecified atom stereocenters. The van der Waals surface area contributed by atoms with Crippen LogP contribution in [0.1, 0.15) is 30.0 Å². The Kier molecular flexibility index (Phi) is 9.02. The summed E-state index contributed by atoms with van der Waals surface area (Å²) in [6.07, 6.45) is 0.404. The minimum atomic E-state index is 0.0948.